The van der Waals surface area contributed by atoms with E-state index in [1.165, 1.54) is 12.0 Å². The van der Waals surface area contributed by atoms with Crippen LogP contribution in [-0.4, -0.2) is 39.9 Å². The molecule has 0 aromatic heterocycles. The zero-order valence-corrected chi connectivity index (χ0v) is 18.4. The predicted octanol–water partition coefficient (Wildman–Crippen LogP) is 4.60. The number of thioether (sulfide) groups is 1. The molecule has 156 valence electrons. The fraction of sp³-hybridized carbons (Fsp3) is 0.190. The molecular weight excluding hydrogens is 446 g/mol. The smallest absolute Gasteiger partial charge is 0.305 e. The van der Waals surface area contributed by atoms with Crippen LogP contribution in [0.5, 0.6) is 11.5 Å². The Morgan fingerprint density at radius 2 is 2.03 bits per heavy atom. The number of nitrogens with zero attached hydrogens (tertiary/aromatic N) is 1. The van der Waals surface area contributed by atoms with Crippen molar-refractivity contribution in [2.24, 2.45) is 0 Å². The molecule has 1 saturated heterocycles. The van der Waals surface area contributed by atoms with Gasteiger partial charge in [0.1, 0.15) is 10.9 Å². The number of carboxylic acids is 1. The van der Waals surface area contributed by atoms with Crippen molar-refractivity contribution >= 4 is 57.9 Å². The molecule has 2 aromatic carbocycles. The third kappa shape index (κ3) is 5.33. The lowest BCUT2D eigenvalue weighted by Crippen LogP contribution is -2.30. The lowest BCUT2D eigenvalue weighted by Gasteiger charge is -2.13. The Morgan fingerprint density at radius 3 is 2.73 bits per heavy atom. The fourth-order valence-electron chi connectivity index (χ4n) is 2.72. The van der Waals surface area contributed by atoms with Gasteiger partial charge in [0.25, 0.3) is 5.91 Å². The molecule has 0 radical (unpaired) electrons. The van der Waals surface area contributed by atoms with Crippen LogP contribution in [0.3, 0.4) is 0 Å². The number of thiocarbonyl (C=S) groups is 1. The highest BCUT2D eigenvalue weighted by Gasteiger charge is 2.32. The number of rotatable bonds is 8. The van der Waals surface area contributed by atoms with Gasteiger partial charge in [-0.05, 0) is 29.8 Å². The molecule has 0 unspecified atom stereocenters. The van der Waals surface area contributed by atoms with E-state index in [0.717, 1.165) is 22.9 Å². The van der Waals surface area contributed by atoms with E-state index in [-0.39, 0.29) is 25.5 Å². The van der Waals surface area contributed by atoms with Gasteiger partial charge in [-0.1, -0.05) is 59.8 Å². The number of hydrogen-bond donors (Lipinski definition) is 1. The SMILES string of the molecule is COc1cc(C=C2SC(=S)N(CCC(=O)O)C2=O)ccc1OCc1ccccc1Cl. The van der Waals surface area contributed by atoms with Gasteiger partial charge >= 0.3 is 5.97 Å². The highest BCUT2D eigenvalue weighted by molar-refractivity contribution is 8.26. The molecule has 1 aliphatic heterocycles. The van der Waals surface area contributed by atoms with Crippen LogP contribution < -0.4 is 9.47 Å². The molecule has 3 rings (SSSR count). The molecule has 0 aliphatic carbocycles. The highest BCUT2D eigenvalue weighted by Crippen LogP contribution is 2.35. The van der Waals surface area contributed by atoms with Gasteiger partial charge in [-0.2, -0.15) is 0 Å². The van der Waals surface area contributed by atoms with E-state index in [1.54, 1.807) is 30.3 Å². The minimum atomic E-state index is -0.981. The van der Waals surface area contributed by atoms with Gasteiger partial charge in [0.2, 0.25) is 0 Å². The van der Waals surface area contributed by atoms with Crippen LogP contribution in [0.1, 0.15) is 17.5 Å². The van der Waals surface area contributed by atoms with E-state index in [1.807, 2.05) is 18.2 Å². The zero-order chi connectivity index (χ0) is 21.7. The first kappa shape index (κ1) is 22.1. The molecule has 0 bridgehead atoms. The summed E-state index contributed by atoms with van der Waals surface area (Å²) in [5.41, 5.74) is 1.59. The van der Waals surface area contributed by atoms with Gasteiger partial charge in [0, 0.05) is 17.1 Å². The summed E-state index contributed by atoms with van der Waals surface area (Å²) in [6, 6.07) is 12.7. The van der Waals surface area contributed by atoms with Crippen molar-refractivity contribution in [3.8, 4) is 11.5 Å². The van der Waals surface area contributed by atoms with E-state index in [9.17, 15) is 9.59 Å². The predicted molar refractivity (Wildman–Crippen MR) is 121 cm³/mol. The Balaban J connectivity index is 1.74. The molecular formula is C21H18ClNO5S2. The van der Waals surface area contributed by atoms with Crippen molar-refractivity contribution in [1.29, 1.82) is 0 Å². The Bertz CT molecular complexity index is 1020. The number of carboxylic acid groups (broad SMARTS) is 1. The molecule has 9 heteroatoms. The molecule has 6 nitrogen and oxygen atoms in total. The molecule has 2 aromatic rings. The van der Waals surface area contributed by atoms with Gasteiger partial charge in [0.05, 0.1) is 18.4 Å². The third-order valence-electron chi connectivity index (χ3n) is 4.25. The topological polar surface area (TPSA) is 76.1 Å². The number of benzene rings is 2. The molecule has 1 aliphatic rings. The van der Waals surface area contributed by atoms with Gasteiger partial charge in [-0.3, -0.25) is 14.5 Å². The van der Waals surface area contributed by atoms with Crippen LogP contribution in [0.15, 0.2) is 47.4 Å². The van der Waals surface area contributed by atoms with Gasteiger partial charge < -0.3 is 14.6 Å². The average molecular weight is 464 g/mol. The van der Waals surface area contributed by atoms with Crippen LogP contribution in [-0.2, 0) is 16.2 Å². The summed E-state index contributed by atoms with van der Waals surface area (Å²) in [4.78, 5) is 25.0. The second kappa shape index (κ2) is 9.97. The van der Waals surface area contributed by atoms with E-state index in [2.05, 4.69) is 0 Å². The highest BCUT2D eigenvalue weighted by atomic mass is 35.5. The molecule has 0 saturated carbocycles. The standard InChI is InChI=1S/C21H18ClNO5S2/c1-27-17-10-13(6-7-16(17)28-12-14-4-2-3-5-15(14)22)11-18-20(26)23(21(29)30-18)9-8-19(24)25/h2-7,10-11H,8-9,12H2,1H3,(H,24,25). The summed E-state index contributed by atoms with van der Waals surface area (Å²) >= 11 is 12.5. The Hall–Kier alpha value is -2.55. The number of hydrogen-bond acceptors (Lipinski definition) is 6. The maximum absolute atomic E-state index is 12.5. The van der Waals surface area contributed by atoms with Crippen molar-refractivity contribution in [2.45, 2.75) is 13.0 Å². The van der Waals surface area contributed by atoms with Crippen LogP contribution in [0, 0.1) is 0 Å². The Labute approximate surface area is 188 Å². The van der Waals surface area contributed by atoms with Crippen molar-refractivity contribution in [3.05, 3.63) is 63.5 Å². The Kier molecular flexibility index (Phi) is 7.36. The van der Waals surface area contributed by atoms with Crippen molar-refractivity contribution in [3.63, 3.8) is 0 Å². The monoisotopic (exact) mass is 463 g/mol. The molecule has 1 N–H and O–H groups in total. The number of amides is 1. The minimum absolute atomic E-state index is 0.0511. The van der Waals surface area contributed by atoms with E-state index >= 15 is 0 Å². The second-order valence-electron chi connectivity index (χ2n) is 6.27. The second-order valence-corrected chi connectivity index (χ2v) is 8.35. The van der Waals surface area contributed by atoms with E-state index in [4.69, 9.17) is 38.4 Å². The normalized spacial score (nSPS) is 15.0. The van der Waals surface area contributed by atoms with Crippen molar-refractivity contribution in [2.75, 3.05) is 13.7 Å². The maximum Gasteiger partial charge on any atom is 0.305 e. The number of ether oxygens (including phenoxy) is 2. The molecule has 1 heterocycles. The summed E-state index contributed by atoms with van der Waals surface area (Å²) < 4.78 is 11.6. The summed E-state index contributed by atoms with van der Waals surface area (Å²) in [7, 11) is 1.53. The molecule has 1 fully saturated rings. The van der Waals surface area contributed by atoms with Crippen molar-refractivity contribution < 1.29 is 24.2 Å². The van der Waals surface area contributed by atoms with Gasteiger partial charge in [0.15, 0.2) is 11.5 Å². The lowest BCUT2D eigenvalue weighted by atomic mass is 10.1. The van der Waals surface area contributed by atoms with E-state index < -0.39 is 5.97 Å². The zero-order valence-electron chi connectivity index (χ0n) is 16.0. The van der Waals surface area contributed by atoms with Gasteiger partial charge in [-0.25, -0.2) is 0 Å². The number of halogens is 1. The van der Waals surface area contributed by atoms with E-state index in [0.29, 0.717) is 25.7 Å². The Morgan fingerprint density at radius 1 is 1.27 bits per heavy atom. The summed E-state index contributed by atoms with van der Waals surface area (Å²) in [6.07, 6.45) is 1.53. The molecule has 1 amide bonds. The van der Waals surface area contributed by atoms with Crippen LogP contribution in [0.4, 0.5) is 0 Å². The minimum Gasteiger partial charge on any atom is -0.493 e. The lowest BCUT2D eigenvalue weighted by molar-refractivity contribution is -0.137. The number of aliphatic carboxylic acids is 1. The summed E-state index contributed by atoms with van der Waals surface area (Å²) in [5.74, 6) is -0.227. The summed E-state index contributed by atoms with van der Waals surface area (Å²) in [6.45, 7) is 0.340. The summed E-state index contributed by atoms with van der Waals surface area (Å²) in [5, 5.41) is 9.45. The average Bonchev–Trinajstić information content (AvgIpc) is 2.98. The molecule has 30 heavy (non-hydrogen) atoms. The largest absolute Gasteiger partial charge is 0.493 e. The number of carbonyl (C=O) groups is 2. The van der Waals surface area contributed by atoms with Crippen molar-refractivity contribution in [1.82, 2.24) is 4.90 Å². The van der Waals surface area contributed by atoms with Gasteiger partial charge in [-0.15, -0.1) is 0 Å². The third-order valence-corrected chi connectivity index (χ3v) is 6.00. The first-order valence-corrected chi connectivity index (χ1v) is 10.5. The molecule has 0 atom stereocenters. The number of carbonyl (C=O) groups excluding carboxylic acids is 1. The first-order valence-electron chi connectivity index (χ1n) is 8.90. The maximum atomic E-state index is 12.5. The van der Waals surface area contributed by atoms with Crippen LogP contribution in [0.25, 0.3) is 6.08 Å². The fourth-order valence-corrected chi connectivity index (χ4v) is 4.21. The molecule has 0 spiro atoms. The first-order chi connectivity index (χ1) is 14.4. The van der Waals surface area contributed by atoms with Crippen LogP contribution in [0.2, 0.25) is 5.02 Å². The van der Waals surface area contributed by atoms with Crippen LogP contribution >= 0.6 is 35.6 Å². The number of methoxy groups -OCH3 is 1. The quantitative estimate of drug-likeness (QED) is 0.452.